The Morgan fingerprint density at radius 1 is 1.31 bits per heavy atom. The van der Waals surface area contributed by atoms with Gasteiger partial charge in [0.1, 0.15) is 24.8 Å². The van der Waals surface area contributed by atoms with Crippen LogP contribution in [0.4, 0.5) is 5.82 Å². The highest BCUT2D eigenvalue weighted by molar-refractivity contribution is 6.30. The number of halogens is 1. The molecule has 4 aromatic rings. The van der Waals surface area contributed by atoms with E-state index in [9.17, 15) is 15.0 Å². The molecule has 13 nitrogen and oxygen atoms in total. The van der Waals surface area contributed by atoms with Crippen molar-refractivity contribution in [2.45, 2.75) is 44.6 Å². The first-order chi connectivity index (χ1) is 17.3. The van der Waals surface area contributed by atoms with Gasteiger partial charge >= 0.3 is 5.97 Å². The van der Waals surface area contributed by atoms with E-state index in [-0.39, 0.29) is 6.61 Å². The van der Waals surface area contributed by atoms with Gasteiger partial charge in [-0.05, 0) is 25.1 Å². The van der Waals surface area contributed by atoms with Crippen molar-refractivity contribution < 1.29 is 29.0 Å². The molecule has 0 radical (unpaired) electrons. The van der Waals surface area contributed by atoms with Gasteiger partial charge in [0.25, 0.3) is 0 Å². The molecule has 1 aromatic carbocycles. The van der Waals surface area contributed by atoms with Crippen LogP contribution in [0.3, 0.4) is 0 Å². The Balaban J connectivity index is 1.36. The number of benzene rings is 1. The third-order valence-electron chi connectivity index (χ3n) is 5.71. The largest absolute Gasteiger partial charge is 0.485 e. The van der Waals surface area contributed by atoms with Gasteiger partial charge in [-0.3, -0.25) is 4.57 Å². The maximum absolute atomic E-state index is 11.4. The Hall–Kier alpha value is -3.78. The number of carboxylic acids is 1. The van der Waals surface area contributed by atoms with E-state index >= 15 is 0 Å². The summed E-state index contributed by atoms with van der Waals surface area (Å²) in [6, 6.07) is 5.93. The second-order valence-corrected chi connectivity index (χ2v) is 8.67. The highest BCUT2D eigenvalue weighted by atomic mass is 35.5. The Labute approximate surface area is 208 Å². The van der Waals surface area contributed by atoms with Crippen LogP contribution in [0.1, 0.15) is 23.2 Å². The van der Waals surface area contributed by atoms with Crippen LogP contribution < -0.4 is 15.8 Å². The fraction of sp³-hybridized carbons (Fsp3) is 0.318. The highest BCUT2D eigenvalue weighted by Gasteiger charge is 2.46. The van der Waals surface area contributed by atoms with Crippen LogP contribution in [0.2, 0.25) is 5.02 Å². The first kappa shape index (κ1) is 23.9. The Morgan fingerprint density at radius 3 is 2.86 bits per heavy atom. The summed E-state index contributed by atoms with van der Waals surface area (Å²) in [6.45, 7) is 2.31. The van der Waals surface area contributed by atoms with Gasteiger partial charge in [0.15, 0.2) is 35.1 Å². The number of rotatable bonds is 8. The minimum Gasteiger partial charge on any atom is -0.485 e. The Morgan fingerprint density at radius 2 is 2.14 bits per heavy atom. The predicted molar refractivity (Wildman–Crippen MR) is 125 cm³/mol. The molecule has 5 N–H and O–H groups in total. The zero-order valence-electron chi connectivity index (χ0n) is 18.9. The number of aliphatic hydroxyl groups excluding tert-OH is 1. The molecule has 1 fully saturated rings. The molecule has 0 aliphatic carbocycles. The van der Waals surface area contributed by atoms with E-state index in [2.05, 4.69) is 25.4 Å². The van der Waals surface area contributed by atoms with Crippen LogP contribution in [0.5, 0.6) is 5.75 Å². The average molecular weight is 516 g/mol. The van der Waals surface area contributed by atoms with E-state index < -0.39 is 30.4 Å². The molecular weight excluding hydrogens is 494 g/mol. The molecule has 36 heavy (non-hydrogen) atoms. The number of anilines is 1. The van der Waals surface area contributed by atoms with Gasteiger partial charge in [0.2, 0.25) is 0 Å². The van der Waals surface area contributed by atoms with E-state index in [0.29, 0.717) is 40.1 Å². The summed E-state index contributed by atoms with van der Waals surface area (Å²) in [7, 11) is 0. The molecule has 0 spiro atoms. The topological polar surface area (TPSA) is 184 Å². The molecule has 5 rings (SSSR count). The lowest BCUT2D eigenvalue weighted by molar-refractivity contribution is -0.152. The number of imidazole rings is 1. The van der Waals surface area contributed by atoms with E-state index in [0.717, 1.165) is 11.3 Å². The number of aliphatic hydroxyl groups is 1. The van der Waals surface area contributed by atoms with E-state index in [1.807, 2.05) is 6.92 Å². The third-order valence-corrected chi connectivity index (χ3v) is 5.95. The molecule has 188 valence electrons. The molecule has 1 saturated heterocycles. The van der Waals surface area contributed by atoms with E-state index in [1.165, 1.54) is 17.2 Å². The second kappa shape index (κ2) is 9.70. The number of nitrogens with zero attached hydrogens (tertiary/aromatic N) is 5. The van der Waals surface area contributed by atoms with Gasteiger partial charge in [-0.2, -0.15) is 0 Å². The lowest BCUT2D eigenvalue weighted by atomic mass is 10.1. The SMILES string of the molecule is Cc1cc(COc2ccc(Cl)cc2CNc2ncnc3c2ncn3C2O[C@H](C(=O)O)[C@@H](N)[C@H]2O)on1. The van der Waals surface area contributed by atoms with Crippen molar-refractivity contribution in [3.63, 3.8) is 0 Å². The zero-order valence-corrected chi connectivity index (χ0v) is 19.7. The van der Waals surface area contributed by atoms with Gasteiger partial charge in [0, 0.05) is 23.2 Å². The van der Waals surface area contributed by atoms with E-state index in [4.69, 9.17) is 31.3 Å². The van der Waals surface area contributed by atoms with Crippen LogP contribution in [0.15, 0.2) is 41.4 Å². The molecule has 0 amide bonds. The molecule has 3 aromatic heterocycles. The Bertz CT molecular complexity index is 1410. The van der Waals surface area contributed by atoms with Crippen molar-refractivity contribution in [2.24, 2.45) is 5.73 Å². The van der Waals surface area contributed by atoms with Gasteiger partial charge in [-0.1, -0.05) is 16.8 Å². The first-order valence-corrected chi connectivity index (χ1v) is 11.3. The fourth-order valence-electron chi connectivity index (χ4n) is 3.95. The minimum absolute atomic E-state index is 0.195. The number of nitrogens with one attached hydrogen (secondary N) is 1. The number of ether oxygens (including phenoxy) is 2. The second-order valence-electron chi connectivity index (χ2n) is 8.23. The summed E-state index contributed by atoms with van der Waals surface area (Å²) >= 11 is 6.21. The number of aryl methyl sites for hydroxylation is 1. The smallest absolute Gasteiger partial charge is 0.334 e. The molecule has 1 aliphatic heterocycles. The van der Waals surface area contributed by atoms with E-state index in [1.54, 1.807) is 24.3 Å². The normalized spacial score (nSPS) is 21.7. The van der Waals surface area contributed by atoms with Crippen LogP contribution in [0, 0.1) is 6.92 Å². The van der Waals surface area contributed by atoms with Crippen molar-refractivity contribution in [1.29, 1.82) is 0 Å². The van der Waals surface area contributed by atoms with Gasteiger partial charge < -0.3 is 35.3 Å². The van der Waals surface area contributed by atoms with Crippen LogP contribution in [-0.4, -0.2) is 59.1 Å². The predicted octanol–water partition coefficient (Wildman–Crippen LogP) is 1.64. The molecule has 1 aliphatic rings. The molecule has 1 unspecified atom stereocenters. The monoisotopic (exact) mass is 515 g/mol. The molecule has 0 bridgehead atoms. The number of aromatic nitrogens is 5. The number of hydrogen-bond donors (Lipinski definition) is 4. The molecule has 4 atom stereocenters. The minimum atomic E-state index is -1.36. The van der Waals surface area contributed by atoms with Gasteiger partial charge in [0.05, 0.1) is 18.1 Å². The van der Waals surface area contributed by atoms with Crippen molar-refractivity contribution in [3.8, 4) is 5.75 Å². The quantitative estimate of drug-likeness (QED) is 0.266. The highest BCUT2D eigenvalue weighted by Crippen LogP contribution is 2.32. The van der Waals surface area contributed by atoms with Crippen LogP contribution >= 0.6 is 11.6 Å². The molecule has 0 saturated carbocycles. The summed E-state index contributed by atoms with van der Waals surface area (Å²) in [5.74, 6) is 0.323. The third kappa shape index (κ3) is 4.56. The van der Waals surface area contributed by atoms with Crippen molar-refractivity contribution in [3.05, 3.63) is 59.0 Å². The first-order valence-electron chi connectivity index (χ1n) is 10.9. The summed E-state index contributed by atoms with van der Waals surface area (Å²) in [5, 5.41) is 27.3. The zero-order chi connectivity index (χ0) is 25.4. The number of hydrogen-bond acceptors (Lipinski definition) is 11. The molecule has 4 heterocycles. The van der Waals surface area contributed by atoms with Crippen LogP contribution in [0.25, 0.3) is 11.2 Å². The number of fused-ring (bicyclic) bond motifs is 1. The van der Waals surface area contributed by atoms with Crippen molar-refractivity contribution in [1.82, 2.24) is 24.7 Å². The summed E-state index contributed by atoms with van der Waals surface area (Å²) in [5.41, 5.74) is 8.07. The number of carbonyl (C=O) groups is 1. The molecular formula is C22H22ClN7O6. The summed E-state index contributed by atoms with van der Waals surface area (Å²) < 4.78 is 18.0. The lowest BCUT2D eigenvalue weighted by Gasteiger charge is -2.16. The number of nitrogens with two attached hydrogens (primary N) is 1. The standard InChI is InChI=1S/C22H22ClN7O6/c1-10-4-13(36-29-10)7-34-14-3-2-12(23)5-11(14)6-25-19-16-20(27-8-26-19)30(9-28-16)21-17(31)15(24)18(35-21)22(32)33/h2-5,8-9,15,17-18,21,31H,6-7,24H2,1H3,(H,32,33)(H,25,26,27)/t15-,17+,18-,21?/m0/s1. The fourth-order valence-corrected chi connectivity index (χ4v) is 4.14. The lowest BCUT2D eigenvalue weighted by Crippen LogP contribution is -2.43. The van der Waals surface area contributed by atoms with Gasteiger partial charge in [-0.25, -0.2) is 19.7 Å². The maximum Gasteiger partial charge on any atom is 0.334 e. The summed E-state index contributed by atoms with van der Waals surface area (Å²) in [6.07, 6.45) is -0.983. The summed E-state index contributed by atoms with van der Waals surface area (Å²) in [4.78, 5) is 24.2. The van der Waals surface area contributed by atoms with Crippen molar-refractivity contribution in [2.75, 3.05) is 5.32 Å². The maximum atomic E-state index is 11.4. The Kier molecular flexibility index (Phi) is 6.45. The van der Waals surface area contributed by atoms with Gasteiger partial charge in [-0.15, -0.1) is 0 Å². The molecule has 14 heteroatoms. The van der Waals surface area contributed by atoms with Crippen molar-refractivity contribution >= 4 is 34.6 Å². The number of aliphatic carboxylic acids is 1. The van der Waals surface area contributed by atoms with Crippen LogP contribution in [-0.2, 0) is 22.7 Å². The number of carboxylic acid groups (broad SMARTS) is 1. The average Bonchev–Trinajstić information content (AvgIpc) is 3.55.